The zero-order valence-electron chi connectivity index (χ0n) is 15.2. The lowest BCUT2D eigenvalue weighted by Crippen LogP contribution is -2.42. The van der Waals surface area contributed by atoms with Crippen LogP contribution in [0, 0.1) is 0 Å². The number of halogens is 2. The number of carbonyl (C=O) groups excluding carboxylic acids is 1. The van der Waals surface area contributed by atoms with Crippen molar-refractivity contribution < 1.29 is 4.79 Å². The van der Waals surface area contributed by atoms with Crippen molar-refractivity contribution in [3.05, 3.63) is 70.0 Å². The molecule has 0 radical (unpaired) electrons. The number of hydrogen-bond donors (Lipinski definition) is 2. The third-order valence-corrected chi connectivity index (χ3v) is 5.71. The van der Waals surface area contributed by atoms with E-state index in [4.69, 9.17) is 23.2 Å². The van der Waals surface area contributed by atoms with Gasteiger partial charge in [-0.05, 0) is 48.2 Å². The van der Waals surface area contributed by atoms with Gasteiger partial charge in [-0.25, -0.2) is 9.78 Å². The lowest BCUT2D eigenvalue weighted by atomic mass is 10.00. The number of H-pyrrole nitrogens is 1. The van der Waals surface area contributed by atoms with Gasteiger partial charge in [-0.3, -0.25) is 0 Å². The number of nitrogens with one attached hydrogen (secondary N) is 2. The molecule has 3 aromatic rings. The van der Waals surface area contributed by atoms with Crippen LogP contribution in [0.2, 0.25) is 10.0 Å². The molecule has 0 saturated heterocycles. The van der Waals surface area contributed by atoms with E-state index in [-0.39, 0.29) is 6.03 Å². The summed E-state index contributed by atoms with van der Waals surface area (Å²) in [4.78, 5) is 21.8. The molecule has 1 aliphatic rings. The first-order chi connectivity index (χ1) is 13.6. The van der Waals surface area contributed by atoms with Crippen LogP contribution in [-0.4, -0.2) is 40.5 Å². The Balaban J connectivity index is 1.32. The molecule has 144 valence electrons. The Hall–Kier alpha value is -2.50. The predicted octanol–water partition coefficient (Wildman–Crippen LogP) is 4.91. The molecule has 0 aliphatic carbocycles. The average molecular weight is 415 g/mol. The summed E-state index contributed by atoms with van der Waals surface area (Å²) < 4.78 is 0. The van der Waals surface area contributed by atoms with Crippen molar-refractivity contribution in [3.8, 4) is 0 Å². The molecule has 1 aliphatic heterocycles. The molecule has 0 spiro atoms. The molecule has 0 atom stereocenters. The van der Waals surface area contributed by atoms with Crippen molar-refractivity contribution >= 4 is 45.8 Å². The predicted molar refractivity (Wildman–Crippen MR) is 114 cm³/mol. The fourth-order valence-corrected chi connectivity index (χ4v) is 3.76. The number of nitrogens with zero attached hydrogens (tertiary/aromatic N) is 2. The van der Waals surface area contributed by atoms with E-state index in [0.29, 0.717) is 36.1 Å². The van der Waals surface area contributed by atoms with E-state index in [1.54, 1.807) is 12.3 Å². The molecule has 7 heteroatoms. The normalized spacial score (nSPS) is 14.2. The van der Waals surface area contributed by atoms with Gasteiger partial charge in [0.1, 0.15) is 5.65 Å². The lowest BCUT2D eigenvalue weighted by molar-refractivity contribution is 0.203. The van der Waals surface area contributed by atoms with Crippen LogP contribution < -0.4 is 5.32 Å². The molecule has 0 saturated carbocycles. The van der Waals surface area contributed by atoms with Gasteiger partial charge in [0.25, 0.3) is 0 Å². The minimum absolute atomic E-state index is 0.0454. The Morgan fingerprint density at radius 1 is 1.25 bits per heavy atom. The summed E-state index contributed by atoms with van der Waals surface area (Å²) in [5.74, 6) is 0. The molecule has 2 aromatic heterocycles. The number of benzene rings is 1. The Morgan fingerprint density at radius 2 is 2.14 bits per heavy atom. The fraction of sp³-hybridized carbons (Fsp3) is 0.238. The zero-order chi connectivity index (χ0) is 19.5. The van der Waals surface area contributed by atoms with Crippen molar-refractivity contribution in [1.82, 2.24) is 20.2 Å². The van der Waals surface area contributed by atoms with Crippen molar-refractivity contribution in [2.24, 2.45) is 0 Å². The standard InChI is InChI=1S/C21H20Cl2N4O/c22-18-4-3-14(12-19(18)23)5-9-25-21(28)27-10-6-15(7-11-27)17-13-26-20-16(17)2-1-8-24-20/h1-4,6,8,12-13H,5,7,9-11H2,(H,24,26)(H,25,28). The van der Waals surface area contributed by atoms with Gasteiger partial charge >= 0.3 is 6.03 Å². The quantitative estimate of drug-likeness (QED) is 0.636. The van der Waals surface area contributed by atoms with Gasteiger partial charge in [-0.2, -0.15) is 0 Å². The van der Waals surface area contributed by atoms with E-state index in [1.165, 1.54) is 11.1 Å². The highest BCUT2D eigenvalue weighted by Gasteiger charge is 2.19. The topological polar surface area (TPSA) is 61.0 Å². The summed E-state index contributed by atoms with van der Waals surface area (Å²) in [6.07, 6.45) is 7.43. The number of aromatic nitrogens is 2. The summed E-state index contributed by atoms with van der Waals surface area (Å²) in [6, 6.07) is 9.50. The van der Waals surface area contributed by atoms with Gasteiger partial charge in [0.2, 0.25) is 0 Å². The number of hydrogen-bond acceptors (Lipinski definition) is 2. The molecule has 0 fully saturated rings. The molecular formula is C21H20Cl2N4O. The van der Waals surface area contributed by atoms with Crippen LogP contribution in [0.1, 0.15) is 17.5 Å². The molecule has 0 bridgehead atoms. The molecule has 3 heterocycles. The van der Waals surface area contributed by atoms with Crippen LogP contribution in [0.4, 0.5) is 4.79 Å². The summed E-state index contributed by atoms with van der Waals surface area (Å²) in [5.41, 5.74) is 4.35. The number of rotatable bonds is 4. The first-order valence-corrected chi connectivity index (χ1v) is 9.95. The van der Waals surface area contributed by atoms with E-state index in [2.05, 4.69) is 27.4 Å². The van der Waals surface area contributed by atoms with Gasteiger partial charge in [0, 0.05) is 43.0 Å². The third kappa shape index (κ3) is 4.01. The minimum Gasteiger partial charge on any atom is -0.346 e. The van der Waals surface area contributed by atoms with Crippen LogP contribution in [0.25, 0.3) is 16.6 Å². The average Bonchev–Trinajstić information content (AvgIpc) is 3.15. The number of carbonyl (C=O) groups is 1. The van der Waals surface area contributed by atoms with Gasteiger partial charge in [-0.15, -0.1) is 0 Å². The number of pyridine rings is 1. The molecule has 0 unspecified atom stereocenters. The smallest absolute Gasteiger partial charge is 0.317 e. The zero-order valence-corrected chi connectivity index (χ0v) is 16.7. The van der Waals surface area contributed by atoms with Crippen molar-refractivity contribution in [2.45, 2.75) is 12.8 Å². The van der Waals surface area contributed by atoms with Crippen molar-refractivity contribution in [2.75, 3.05) is 19.6 Å². The lowest BCUT2D eigenvalue weighted by Gasteiger charge is -2.26. The van der Waals surface area contributed by atoms with Crippen molar-refractivity contribution in [1.29, 1.82) is 0 Å². The van der Waals surface area contributed by atoms with Gasteiger partial charge in [0.05, 0.1) is 10.0 Å². The minimum atomic E-state index is -0.0454. The summed E-state index contributed by atoms with van der Waals surface area (Å²) in [5, 5.41) is 5.17. The Bertz CT molecular complexity index is 1040. The van der Waals surface area contributed by atoms with Crippen LogP contribution >= 0.6 is 23.2 Å². The SMILES string of the molecule is O=C(NCCc1ccc(Cl)c(Cl)c1)N1CC=C(c2c[nH]c3ncccc23)CC1. The second-order valence-corrected chi connectivity index (χ2v) is 7.57. The van der Waals surface area contributed by atoms with E-state index in [1.807, 2.05) is 29.3 Å². The summed E-state index contributed by atoms with van der Waals surface area (Å²) in [7, 11) is 0. The highest BCUT2D eigenvalue weighted by Crippen LogP contribution is 2.28. The number of aromatic amines is 1. The molecule has 28 heavy (non-hydrogen) atoms. The number of urea groups is 1. The van der Waals surface area contributed by atoms with Crippen LogP contribution in [0.5, 0.6) is 0 Å². The number of fused-ring (bicyclic) bond motifs is 1. The Kier molecular flexibility index (Phi) is 5.55. The van der Waals surface area contributed by atoms with E-state index < -0.39 is 0 Å². The maximum Gasteiger partial charge on any atom is 0.317 e. The van der Waals surface area contributed by atoms with E-state index >= 15 is 0 Å². The molecule has 2 N–H and O–H groups in total. The van der Waals surface area contributed by atoms with Gasteiger partial charge < -0.3 is 15.2 Å². The Morgan fingerprint density at radius 3 is 2.93 bits per heavy atom. The van der Waals surface area contributed by atoms with Crippen LogP contribution in [0.15, 0.2) is 48.8 Å². The fourth-order valence-electron chi connectivity index (χ4n) is 3.44. The monoisotopic (exact) mass is 414 g/mol. The molecule has 4 rings (SSSR count). The number of amides is 2. The highest BCUT2D eigenvalue weighted by atomic mass is 35.5. The summed E-state index contributed by atoms with van der Waals surface area (Å²) in [6.45, 7) is 1.84. The first kappa shape index (κ1) is 18.8. The second-order valence-electron chi connectivity index (χ2n) is 6.76. The third-order valence-electron chi connectivity index (χ3n) is 4.97. The van der Waals surface area contributed by atoms with Crippen LogP contribution in [0.3, 0.4) is 0 Å². The van der Waals surface area contributed by atoms with Crippen LogP contribution in [-0.2, 0) is 6.42 Å². The molecular weight excluding hydrogens is 395 g/mol. The van der Waals surface area contributed by atoms with Crippen molar-refractivity contribution in [3.63, 3.8) is 0 Å². The van der Waals surface area contributed by atoms with E-state index in [9.17, 15) is 4.79 Å². The maximum absolute atomic E-state index is 12.4. The van der Waals surface area contributed by atoms with E-state index in [0.717, 1.165) is 23.0 Å². The maximum atomic E-state index is 12.4. The highest BCUT2D eigenvalue weighted by molar-refractivity contribution is 6.42. The van der Waals surface area contributed by atoms with Gasteiger partial charge in [-0.1, -0.05) is 35.3 Å². The van der Waals surface area contributed by atoms with Gasteiger partial charge in [0.15, 0.2) is 0 Å². The summed E-state index contributed by atoms with van der Waals surface area (Å²) >= 11 is 12.0. The molecule has 5 nitrogen and oxygen atoms in total. The largest absolute Gasteiger partial charge is 0.346 e. The first-order valence-electron chi connectivity index (χ1n) is 9.20. The molecule has 1 aromatic carbocycles. The Labute approximate surface area is 173 Å². The molecule has 2 amide bonds. The second kappa shape index (κ2) is 8.25.